The van der Waals surface area contributed by atoms with Gasteiger partial charge in [-0.2, -0.15) is 0 Å². The number of carbonyl (C=O) groups excluding carboxylic acids is 1. The topological polar surface area (TPSA) is 55.1 Å². The molecule has 0 radical (unpaired) electrons. The van der Waals surface area contributed by atoms with Crippen LogP contribution >= 0.6 is 0 Å². The van der Waals surface area contributed by atoms with Crippen LogP contribution in [0.2, 0.25) is 0 Å². The predicted molar refractivity (Wildman–Crippen MR) is 73.0 cm³/mol. The zero-order valence-electron chi connectivity index (χ0n) is 11.1. The van der Waals surface area contributed by atoms with Crippen LogP contribution < -0.4 is 11.1 Å². The zero-order valence-corrected chi connectivity index (χ0v) is 11.1. The summed E-state index contributed by atoms with van der Waals surface area (Å²) in [5.74, 6) is 0.136. The smallest absolute Gasteiger partial charge is 0.227 e. The molecule has 0 spiro atoms. The number of carbonyl (C=O) groups is 1. The molecule has 0 aliphatic heterocycles. The van der Waals surface area contributed by atoms with Crippen LogP contribution in [0.25, 0.3) is 0 Å². The molecule has 1 aromatic rings. The standard InChI is InChI=1S/C14H22N2O/c1-5-6-9(2)14(17)16-13-8-10(3)12(15)7-11(13)4/h7-9H,5-6,15H2,1-4H3,(H,16,17). The monoisotopic (exact) mass is 234 g/mol. The molecule has 1 aromatic carbocycles. The first-order valence-electron chi connectivity index (χ1n) is 6.13. The third kappa shape index (κ3) is 3.48. The Morgan fingerprint density at radius 3 is 2.59 bits per heavy atom. The van der Waals surface area contributed by atoms with E-state index >= 15 is 0 Å². The second kappa shape index (κ2) is 5.71. The minimum absolute atomic E-state index is 0.0530. The Morgan fingerprint density at radius 2 is 2.00 bits per heavy atom. The number of nitrogens with two attached hydrogens (primary N) is 1. The van der Waals surface area contributed by atoms with Gasteiger partial charge in [0.15, 0.2) is 0 Å². The number of amides is 1. The highest BCUT2D eigenvalue weighted by Crippen LogP contribution is 2.23. The molecule has 0 saturated carbocycles. The number of anilines is 2. The molecule has 3 heteroatoms. The van der Waals surface area contributed by atoms with Gasteiger partial charge in [-0.05, 0) is 43.5 Å². The van der Waals surface area contributed by atoms with Gasteiger partial charge in [0.2, 0.25) is 5.91 Å². The minimum Gasteiger partial charge on any atom is -0.399 e. The lowest BCUT2D eigenvalue weighted by Gasteiger charge is -2.14. The lowest BCUT2D eigenvalue weighted by Crippen LogP contribution is -2.20. The van der Waals surface area contributed by atoms with Gasteiger partial charge in [0.1, 0.15) is 0 Å². The number of benzene rings is 1. The van der Waals surface area contributed by atoms with Gasteiger partial charge < -0.3 is 11.1 Å². The molecule has 0 fully saturated rings. The van der Waals surface area contributed by atoms with Gasteiger partial charge in [-0.1, -0.05) is 20.3 Å². The third-order valence-electron chi connectivity index (χ3n) is 3.04. The molecule has 1 atom stereocenters. The minimum atomic E-state index is 0.0530. The summed E-state index contributed by atoms with van der Waals surface area (Å²) >= 11 is 0. The van der Waals surface area contributed by atoms with E-state index in [0.29, 0.717) is 0 Å². The van der Waals surface area contributed by atoms with Crippen molar-refractivity contribution in [1.29, 1.82) is 0 Å². The van der Waals surface area contributed by atoms with Crippen molar-refractivity contribution in [1.82, 2.24) is 0 Å². The van der Waals surface area contributed by atoms with Crippen molar-refractivity contribution < 1.29 is 4.79 Å². The summed E-state index contributed by atoms with van der Waals surface area (Å²) in [7, 11) is 0. The van der Waals surface area contributed by atoms with E-state index in [1.54, 1.807) is 0 Å². The first kappa shape index (κ1) is 13.6. The fourth-order valence-electron chi connectivity index (χ4n) is 1.79. The van der Waals surface area contributed by atoms with Gasteiger partial charge in [0, 0.05) is 17.3 Å². The van der Waals surface area contributed by atoms with E-state index in [1.165, 1.54) is 0 Å². The number of rotatable bonds is 4. The maximum absolute atomic E-state index is 11.9. The van der Waals surface area contributed by atoms with Crippen molar-refractivity contribution in [2.75, 3.05) is 11.1 Å². The molecule has 0 aromatic heterocycles. The summed E-state index contributed by atoms with van der Waals surface area (Å²) in [5.41, 5.74) is 9.45. The van der Waals surface area contributed by atoms with Crippen molar-refractivity contribution in [3.63, 3.8) is 0 Å². The molecule has 0 bridgehead atoms. The molecule has 0 aliphatic carbocycles. The van der Waals surface area contributed by atoms with E-state index in [-0.39, 0.29) is 11.8 Å². The molecule has 1 unspecified atom stereocenters. The predicted octanol–water partition coefficient (Wildman–Crippen LogP) is 3.26. The fraction of sp³-hybridized carbons (Fsp3) is 0.500. The highest BCUT2D eigenvalue weighted by molar-refractivity contribution is 5.93. The fourth-order valence-corrected chi connectivity index (χ4v) is 1.79. The van der Waals surface area contributed by atoms with Crippen LogP contribution in [0.3, 0.4) is 0 Å². The number of nitrogens with one attached hydrogen (secondary N) is 1. The third-order valence-corrected chi connectivity index (χ3v) is 3.04. The summed E-state index contributed by atoms with van der Waals surface area (Å²) in [6.45, 7) is 7.94. The van der Waals surface area contributed by atoms with E-state index in [4.69, 9.17) is 5.73 Å². The van der Waals surface area contributed by atoms with Crippen LogP contribution in [0.15, 0.2) is 12.1 Å². The SMILES string of the molecule is CCCC(C)C(=O)Nc1cc(C)c(N)cc1C. The van der Waals surface area contributed by atoms with Gasteiger partial charge in [0.05, 0.1) is 0 Å². The molecule has 1 rings (SSSR count). The van der Waals surface area contributed by atoms with Crippen molar-refractivity contribution in [3.05, 3.63) is 23.3 Å². The maximum atomic E-state index is 11.9. The summed E-state index contributed by atoms with van der Waals surface area (Å²) in [6, 6.07) is 3.83. The molecule has 3 N–H and O–H groups in total. The Hall–Kier alpha value is -1.51. The maximum Gasteiger partial charge on any atom is 0.227 e. The Balaban J connectivity index is 2.81. The number of hydrogen-bond donors (Lipinski definition) is 2. The number of aryl methyl sites for hydroxylation is 2. The van der Waals surface area contributed by atoms with Gasteiger partial charge >= 0.3 is 0 Å². The van der Waals surface area contributed by atoms with Crippen LogP contribution in [0.4, 0.5) is 11.4 Å². The molecule has 17 heavy (non-hydrogen) atoms. The van der Waals surface area contributed by atoms with Crippen LogP contribution in [-0.2, 0) is 4.79 Å². The second-order valence-corrected chi connectivity index (χ2v) is 4.70. The van der Waals surface area contributed by atoms with E-state index in [0.717, 1.165) is 35.3 Å². The first-order chi connectivity index (χ1) is 7.95. The van der Waals surface area contributed by atoms with Crippen molar-refractivity contribution in [2.45, 2.75) is 40.5 Å². The Kier molecular flexibility index (Phi) is 4.55. The van der Waals surface area contributed by atoms with E-state index in [9.17, 15) is 4.79 Å². The quantitative estimate of drug-likeness (QED) is 0.786. The van der Waals surface area contributed by atoms with Gasteiger partial charge in [-0.3, -0.25) is 4.79 Å². The second-order valence-electron chi connectivity index (χ2n) is 4.70. The van der Waals surface area contributed by atoms with E-state index in [2.05, 4.69) is 12.2 Å². The normalized spacial score (nSPS) is 12.2. The summed E-state index contributed by atoms with van der Waals surface area (Å²) in [6.07, 6.45) is 1.94. The molecule has 0 aliphatic rings. The van der Waals surface area contributed by atoms with Crippen LogP contribution in [-0.4, -0.2) is 5.91 Å². The molecule has 0 saturated heterocycles. The Morgan fingerprint density at radius 1 is 1.35 bits per heavy atom. The molecular formula is C14H22N2O. The molecule has 3 nitrogen and oxygen atoms in total. The lowest BCUT2D eigenvalue weighted by molar-refractivity contribution is -0.119. The van der Waals surface area contributed by atoms with Crippen LogP contribution in [0.1, 0.15) is 37.8 Å². The van der Waals surface area contributed by atoms with Crippen LogP contribution in [0.5, 0.6) is 0 Å². The zero-order chi connectivity index (χ0) is 13.0. The largest absolute Gasteiger partial charge is 0.399 e. The van der Waals surface area contributed by atoms with Gasteiger partial charge in [-0.15, -0.1) is 0 Å². The average molecular weight is 234 g/mol. The summed E-state index contributed by atoms with van der Waals surface area (Å²) in [4.78, 5) is 11.9. The number of hydrogen-bond acceptors (Lipinski definition) is 2. The Bertz CT molecular complexity index is 413. The summed E-state index contributed by atoms with van der Waals surface area (Å²) in [5, 5.41) is 2.97. The van der Waals surface area contributed by atoms with E-state index < -0.39 is 0 Å². The van der Waals surface area contributed by atoms with Gasteiger partial charge in [-0.25, -0.2) is 0 Å². The van der Waals surface area contributed by atoms with Crippen LogP contribution in [0, 0.1) is 19.8 Å². The highest BCUT2D eigenvalue weighted by atomic mass is 16.1. The summed E-state index contributed by atoms with van der Waals surface area (Å²) < 4.78 is 0. The highest BCUT2D eigenvalue weighted by Gasteiger charge is 2.13. The van der Waals surface area contributed by atoms with Gasteiger partial charge in [0.25, 0.3) is 0 Å². The molecular weight excluding hydrogens is 212 g/mol. The van der Waals surface area contributed by atoms with E-state index in [1.807, 2.05) is 32.9 Å². The average Bonchev–Trinajstić information content (AvgIpc) is 2.26. The lowest BCUT2D eigenvalue weighted by atomic mass is 10.0. The molecule has 94 valence electrons. The Labute approximate surface area is 103 Å². The first-order valence-corrected chi connectivity index (χ1v) is 6.13. The molecule has 0 heterocycles. The molecule has 1 amide bonds. The van der Waals surface area contributed by atoms with Crippen molar-refractivity contribution >= 4 is 17.3 Å². The number of nitrogen functional groups attached to an aromatic ring is 1. The van der Waals surface area contributed by atoms with Crippen molar-refractivity contribution in [3.8, 4) is 0 Å². The van der Waals surface area contributed by atoms with Crippen molar-refractivity contribution in [2.24, 2.45) is 5.92 Å².